The zero-order valence-corrected chi connectivity index (χ0v) is 9.95. The molecule has 0 spiro atoms. The van der Waals surface area contributed by atoms with Crippen LogP contribution in [0.1, 0.15) is 25.7 Å². The topological polar surface area (TPSA) is 65.7 Å². The summed E-state index contributed by atoms with van der Waals surface area (Å²) in [4.78, 5) is 6.26. The second kappa shape index (κ2) is 5.92. The smallest absolute Gasteiger partial charge is 0.208 e. The van der Waals surface area contributed by atoms with Gasteiger partial charge in [-0.3, -0.25) is 10.4 Å². The average molecular weight is 213 g/mol. The standard InChI is InChI=1S/C10H23N5/c1-12-8-4-6-9(7-5-8)15(3)10(13-2)14-11/h8-9,12H,4-7,11H2,1-3H3,(H,13,14). The van der Waals surface area contributed by atoms with Gasteiger partial charge < -0.3 is 10.2 Å². The van der Waals surface area contributed by atoms with Gasteiger partial charge in [0, 0.05) is 26.2 Å². The van der Waals surface area contributed by atoms with Gasteiger partial charge in [0.25, 0.3) is 0 Å². The number of hydrogen-bond acceptors (Lipinski definition) is 3. The Kier molecular flexibility index (Phi) is 4.84. The highest BCUT2D eigenvalue weighted by Crippen LogP contribution is 2.21. The van der Waals surface area contributed by atoms with Crippen LogP contribution in [0.2, 0.25) is 0 Å². The SMILES string of the molecule is CN=C(NN)N(C)C1CCC(NC)CC1. The summed E-state index contributed by atoms with van der Waals surface area (Å²) >= 11 is 0. The largest absolute Gasteiger partial charge is 0.342 e. The summed E-state index contributed by atoms with van der Waals surface area (Å²) in [7, 11) is 5.84. The fourth-order valence-electron chi connectivity index (χ4n) is 2.25. The highest BCUT2D eigenvalue weighted by Gasteiger charge is 2.24. The van der Waals surface area contributed by atoms with E-state index in [4.69, 9.17) is 5.84 Å². The monoisotopic (exact) mass is 213 g/mol. The van der Waals surface area contributed by atoms with Gasteiger partial charge in [-0.05, 0) is 32.7 Å². The lowest BCUT2D eigenvalue weighted by Gasteiger charge is -2.35. The molecular formula is C10H23N5. The van der Waals surface area contributed by atoms with Crippen molar-refractivity contribution in [2.75, 3.05) is 21.1 Å². The van der Waals surface area contributed by atoms with E-state index in [2.05, 4.69) is 20.6 Å². The molecule has 0 aromatic carbocycles. The Hall–Kier alpha value is -0.810. The lowest BCUT2D eigenvalue weighted by Crippen LogP contribution is -2.49. The minimum atomic E-state index is 0.560. The van der Waals surface area contributed by atoms with Crippen LogP contribution in [0.3, 0.4) is 0 Å². The van der Waals surface area contributed by atoms with E-state index in [1.54, 1.807) is 7.05 Å². The molecule has 0 radical (unpaired) electrons. The second-order valence-corrected chi connectivity index (χ2v) is 4.10. The molecule has 0 unspecified atom stereocenters. The predicted octanol–water partition coefficient (Wildman–Crippen LogP) is -0.102. The maximum Gasteiger partial charge on any atom is 0.208 e. The lowest BCUT2D eigenvalue weighted by molar-refractivity contribution is 0.243. The van der Waals surface area contributed by atoms with Crippen molar-refractivity contribution < 1.29 is 0 Å². The lowest BCUT2D eigenvalue weighted by atomic mass is 9.90. The van der Waals surface area contributed by atoms with Gasteiger partial charge in [-0.25, -0.2) is 5.84 Å². The van der Waals surface area contributed by atoms with E-state index >= 15 is 0 Å². The fourth-order valence-corrected chi connectivity index (χ4v) is 2.25. The summed E-state index contributed by atoms with van der Waals surface area (Å²) in [5, 5.41) is 3.33. The van der Waals surface area contributed by atoms with Gasteiger partial charge in [-0.2, -0.15) is 0 Å². The van der Waals surface area contributed by atoms with Crippen LogP contribution < -0.4 is 16.6 Å². The molecule has 5 heteroatoms. The number of hydrazine groups is 1. The minimum absolute atomic E-state index is 0.560. The van der Waals surface area contributed by atoms with E-state index in [0.29, 0.717) is 12.1 Å². The molecule has 1 aliphatic carbocycles. The number of nitrogens with zero attached hydrogens (tertiary/aromatic N) is 2. The Bertz CT molecular complexity index is 208. The summed E-state index contributed by atoms with van der Waals surface area (Å²) in [6, 6.07) is 1.24. The molecule has 0 amide bonds. The van der Waals surface area contributed by atoms with Crippen LogP contribution >= 0.6 is 0 Å². The van der Waals surface area contributed by atoms with Gasteiger partial charge >= 0.3 is 0 Å². The van der Waals surface area contributed by atoms with E-state index in [0.717, 1.165) is 5.96 Å². The molecular weight excluding hydrogens is 190 g/mol. The van der Waals surface area contributed by atoms with Crippen molar-refractivity contribution in [2.45, 2.75) is 37.8 Å². The molecule has 1 fully saturated rings. The molecule has 0 heterocycles. The highest BCUT2D eigenvalue weighted by atomic mass is 15.4. The summed E-state index contributed by atoms with van der Waals surface area (Å²) in [6.07, 6.45) is 4.85. The highest BCUT2D eigenvalue weighted by molar-refractivity contribution is 5.79. The Balaban J connectivity index is 2.45. The molecule has 15 heavy (non-hydrogen) atoms. The number of nitrogens with one attached hydrogen (secondary N) is 2. The van der Waals surface area contributed by atoms with Crippen molar-refractivity contribution in [2.24, 2.45) is 10.8 Å². The van der Waals surface area contributed by atoms with E-state index in [9.17, 15) is 0 Å². The van der Waals surface area contributed by atoms with Crippen LogP contribution in [0.5, 0.6) is 0 Å². The van der Waals surface area contributed by atoms with Gasteiger partial charge in [0.2, 0.25) is 5.96 Å². The van der Waals surface area contributed by atoms with E-state index in [1.807, 2.05) is 14.1 Å². The van der Waals surface area contributed by atoms with Gasteiger partial charge in [0.1, 0.15) is 0 Å². The van der Waals surface area contributed by atoms with E-state index in [-0.39, 0.29) is 0 Å². The Labute approximate surface area is 92.1 Å². The minimum Gasteiger partial charge on any atom is -0.342 e. The van der Waals surface area contributed by atoms with Crippen molar-refractivity contribution in [1.82, 2.24) is 15.6 Å². The van der Waals surface area contributed by atoms with Gasteiger partial charge in [0.15, 0.2) is 0 Å². The van der Waals surface area contributed by atoms with Crippen LogP contribution in [-0.4, -0.2) is 44.1 Å². The summed E-state index contributed by atoms with van der Waals surface area (Å²) in [5.41, 5.74) is 2.63. The first-order valence-corrected chi connectivity index (χ1v) is 5.56. The molecule has 4 N–H and O–H groups in total. The summed E-state index contributed by atoms with van der Waals surface area (Å²) < 4.78 is 0. The van der Waals surface area contributed by atoms with Crippen LogP contribution in [0.25, 0.3) is 0 Å². The molecule has 0 saturated heterocycles. The van der Waals surface area contributed by atoms with Crippen molar-refractivity contribution in [1.29, 1.82) is 0 Å². The molecule has 0 atom stereocenters. The third-order valence-electron chi connectivity index (χ3n) is 3.33. The van der Waals surface area contributed by atoms with Crippen molar-refractivity contribution in [3.63, 3.8) is 0 Å². The van der Waals surface area contributed by atoms with Crippen molar-refractivity contribution in [3.8, 4) is 0 Å². The molecule has 1 rings (SSSR count). The first kappa shape index (κ1) is 12.3. The van der Waals surface area contributed by atoms with Crippen LogP contribution in [0, 0.1) is 0 Å². The molecule has 88 valence electrons. The number of rotatable bonds is 2. The van der Waals surface area contributed by atoms with Gasteiger partial charge in [-0.15, -0.1) is 0 Å². The molecule has 0 bridgehead atoms. The van der Waals surface area contributed by atoms with E-state index < -0.39 is 0 Å². The zero-order chi connectivity index (χ0) is 11.3. The molecule has 5 nitrogen and oxygen atoms in total. The first-order chi connectivity index (χ1) is 7.22. The Morgan fingerprint density at radius 3 is 2.33 bits per heavy atom. The van der Waals surface area contributed by atoms with E-state index in [1.165, 1.54) is 25.7 Å². The Morgan fingerprint density at radius 2 is 1.93 bits per heavy atom. The summed E-state index contributed by atoms with van der Waals surface area (Å²) in [5.74, 6) is 6.18. The average Bonchev–Trinajstić information content (AvgIpc) is 2.30. The Morgan fingerprint density at radius 1 is 1.33 bits per heavy atom. The second-order valence-electron chi connectivity index (χ2n) is 4.10. The normalized spacial score (nSPS) is 27.6. The van der Waals surface area contributed by atoms with Crippen LogP contribution in [-0.2, 0) is 0 Å². The zero-order valence-electron chi connectivity index (χ0n) is 9.95. The van der Waals surface area contributed by atoms with Crippen LogP contribution in [0.4, 0.5) is 0 Å². The quantitative estimate of drug-likeness (QED) is 0.259. The molecule has 1 aliphatic rings. The molecule has 0 aliphatic heterocycles. The number of guanidine groups is 1. The fraction of sp³-hybridized carbons (Fsp3) is 0.900. The first-order valence-electron chi connectivity index (χ1n) is 5.56. The van der Waals surface area contributed by atoms with Crippen molar-refractivity contribution in [3.05, 3.63) is 0 Å². The molecule has 0 aromatic rings. The predicted molar refractivity (Wildman–Crippen MR) is 63.5 cm³/mol. The number of hydrogen-bond donors (Lipinski definition) is 3. The van der Waals surface area contributed by atoms with Crippen molar-refractivity contribution >= 4 is 5.96 Å². The maximum absolute atomic E-state index is 5.41. The van der Waals surface area contributed by atoms with Crippen LogP contribution in [0.15, 0.2) is 4.99 Å². The number of nitrogens with two attached hydrogens (primary N) is 1. The molecule has 1 saturated carbocycles. The third kappa shape index (κ3) is 3.07. The molecule has 0 aromatic heterocycles. The van der Waals surface area contributed by atoms with Gasteiger partial charge in [0.05, 0.1) is 0 Å². The maximum atomic E-state index is 5.41. The number of aliphatic imine (C=N–C) groups is 1. The third-order valence-corrected chi connectivity index (χ3v) is 3.33. The van der Waals surface area contributed by atoms with Gasteiger partial charge in [-0.1, -0.05) is 0 Å². The summed E-state index contributed by atoms with van der Waals surface area (Å²) in [6.45, 7) is 0.